The highest BCUT2D eigenvalue weighted by Gasteiger charge is 2.60. The van der Waals surface area contributed by atoms with E-state index in [-0.39, 0.29) is 23.5 Å². The molecule has 4 rings (SSSR count). The van der Waals surface area contributed by atoms with Crippen LogP contribution in [0.25, 0.3) is 0 Å². The van der Waals surface area contributed by atoms with Gasteiger partial charge in [0.05, 0.1) is 12.1 Å². The van der Waals surface area contributed by atoms with Crippen molar-refractivity contribution >= 4 is 6.03 Å². The third-order valence-electron chi connectivity index (χ3n) is 6.90. The van der Waals surface area contributed by atoms with E-state index in [1.54, 1.807) is 0 Å². The number of rotatable bonds is 2. The summed E-state index contributed by atoms with van der Waals surface area (Å²) in [4.78, 5) is 15.1. The maximum absolute atomic E-state index is 13.1. The minimum absolute atomic E-state index is 0.0330. The Morgan fingerprint density at radius 3 is 2.88 bits per heavy atom. The lowest BCUT2D eigenvalue weighted by atomic mass is 9.57. The first-order chi connectivity index (χ1) is 11.9. The van der Waals surface area contributed by atoms with Gasteiger partial charge in [-0.15, -0.1) is 0 Å². The molecule has 0 spiro atoms. The molecule has 0 radical (unpaired) electrons. The SMILES string of the molecule is Cc1cccc([C@@H]2CCCN2C(=O)N[C@@H]2[C@@H]3CCO[C@H]3C2(C)C)c1C. The fourth-order valence-electron chi connectivity index (χ4n) is 5.30. The number of hydrogen-bond donors (Lipinski definition) is 1. The van der Waals surface area contributed by atoms with E-state index in [1.807, 2.05) is 0 Å². The van der Waals surface area contributed by atoms with E-state index < -0.39 is 0 Å². The summed E-state index contributed by atoms with van der Waals surface area (Å²) in [5.41, 5.74) is 3.96. The molecule has 0 bridgehead atoms. The van der Waals surface area contributed by atoms with Crippen LogP contribution in [0.2, 0.25) is 0 Å². The molecule has 3 aliphatic rings. The van der Waals surface area contributed by atoms with Crippen molar-refractivity contribution in [3.8, 4) is 0 Å². The predicted octanol–water partition coefficient (Wildman–Crippen LogP) is 3.96. The molecule has 2 heterocycles. The Balaban J connectivity index is 1.51. The summed E-state index contributed by atoms with van der Waals surface area (Å²) in [6.07, 6.45) is 3.51. The van der Waals surface area contributed by atoms with E-state index in [0.29, 0.717) is 12.0 Å². The Morgan fingerprint density at radius 1 is 1.28 bits per heavy atom. The van der Waals surface area contributed by atoms with Crippen molar-refractivity contribution in [3.63, 3.8) is 0 Å². The van der Waals surface area contributed by atoms with Crippen LogP contribution in [0.15, 0.2) is 18.2 Å². The molecule has 4 atom stereocenters. The van der Waals surface area contributed by atoms with Crippen LogP contribution in [0.3, 0.4) is 0 Å². The first-order valence-corrected chi connectivity index (χ1v) is 9.66. The highest BCUT2D eigenvalue weighted by molar-refractivity contribution is 5.76. The van der Waals surface area contributed by atoms with Gasteiger partial charge in [-0.3, -0.25) is 0 Å². The van der Waals surface area contributed by atoms with Gasteiger partial charge < -0.3 is 15.0 Å². The maximum atomic E-state index is 13.1. The van der Waals surface area contributed by atoms with Crippen molar-refractivity contribution in [2.24, 2.45) is 11.3 Å². The average Bonchev–Trinajstić information content (AvgIpc) is 3.23. The molecule has 2 saturated heterocycles. The van der Waals surface area contributed by atoms with Crippen molar-refractivity contribution in [1.29, 1.82) is 0 Å². The van der Waals surface area contributed by atoms with Crippen LogP contribution >= 0.6 is 0 Å². The number of urea groups is 1. The molecule has 1 saturated carbocycles. The molecule has 1 N–H and O–H groups in total. The number of amides is 2. The molecule has 0 aromatic heterocycles. The number of carbonyl (C=O) groups is 1. The number of benzene rings is 1. The number of nitrogens with zero attached hydrogens (tertiary/aromatic N) is 1. The summed E-state index contributed by atoms with van der Waals surface area (Å²) < 4.78 is 5.86. The molecular formula is C21H30N2O2. The van der Waals surface area contributed by atoms with Gasteiger partial charge in [0.2, 0.25) is 0 Å². The first-order valence-electron chi connectivity index (χ1n) is 9.66. The predicted molar refractivity (Wildman–Crippen MR) is 98.5 cm³/mol. The van der Waals surface area contributed by atoms with Gasteiger partial charge in [0.25, 0.3) is 0 Å². The molecule has 25 heavy (non-hydrogen) atoms. The molecule has 136 valence electrons. The summed E-state index contributed by atoms with van der Waals surface area (Å²) >= 11 is 0. The van der Waals surface area contributed by atoms with Gasteiger partial charge in [0.1, 0.15) is 0 Å². The normalized spacial score (nSPS) is 33.0. The average molecular weight is 342 g/mol. The summed E-state index contributed by atoms with van der Waals surface area (Å²) in [6.45, 7) is 10.4. The molecule has 4 heteroatoms. The van der Waals surface area contributed by atoms with E-state index in [2.05, 4.69) is 56.1 Å². The Bertz CT molecular complexity index is 684. The van der Waals surface area contributed by atoms with Gasteiger partial charge >= 0.3 is 6.03 Å². The number of carbonyl (C=O) groups excluding carboxylic acids is 1. The van der Waals surface area contributed by atoms with Crippen LogP contribution in [-0.4, -0.2) is 36.2 Å². The zero-order valence-electron chi connectivity index (χ0n) is 15.8. The lowest BCUT2D eigenvalue weighted by Gasteiger charge is -2.54. The molecule has 0 unspecified atom stereocenters. The Hall–Kier alpha value is -1.55. The second kappa shape index (κ2) is 6.01. The fraction of sp³-hybridized carbons (Fsp3) is 0.667. The molecule has 2 amide bonds. The maximum Gasteiger partial charge on any atom is 0.318 e. The third kappa shape index (κ3) is 2.57. The summed E-state index contributed by atoms with van der Waals surface area (Å²) in [7, 11) is 0. The van der Waals surface area contributed by atoms with E-state index in [4.69, 9.17) is 4.74 Å². The van der Waals surface area contributed by atoms with Crippen molar-refractivity contribution in [2.75, 3.05) is 13.2 Å². The fourth-order valence-corrected chi connectivity index (χ4v) is 5.30. The van der Waals surface area contributed by atoms with E-state index in [1.165, 1.54) is 16.7 Å². The summed E-state index contributed by atoms with van der Waals surface area (Å²) in [5.74, 6) is 0.487. The minimum atomic E-state index is 0.0330. The Labute approximate surface area is 150 Å². The zero-order valence-corrected chi connectivity index (χ0v) is 15.8. The van der Waals surface area contributed by atoms with Crippen LogP contribution in [0.4, 0.5) is 4.79 Å². The van der Waals surface area contributed by atoms with Crippen molar-refractivity contribution < 1.29 is 9.53 Å². The van der Waals surface area contributed by atoms with Gasteiger partial charge in [-0.2, -0.15) is 0 Å². The number of fused-ring (bicyclic) bond motifs is 1. The van der Waals surface area contributed by atoms with Crippen LogP contribution < -0.4 is 5.32 Å². The number of nitrogens with one attached hydrogen (secondary N) is 1. The quantitative estimate of drug-likeness (QED) is 0.884. The highest BCUT2D eigenvalue weighted by Crippen LogP contribution is 2.52. The second-order valence-electron chi connectivity index (χ2n) is 8.63. The van der Waals surface area contributed by atoms with Gasteiger partial charge in [0, 0.05) is 30.5 Å². The van der Waals surface area contributed by atoms with Crippen molar-refractivity contribution in [1.82, 2.24) is 10.2 Å². The van der Waals surface area contributed by atoms with Crippen LogP contribution in [-0.2, 0) is 4.74 Å². The minimum Gasteiger partial charge on any atom is -0.377 e. The molecule has 4 nitrogen and oxygen atoms in total. The number of hydrogen-bond acceptors (Lipinski definition) is 2. The molecule has 2 aliphatic heterocycles. The van der Waals surface area contributed by atoms with Gasteiger partial charge in [-0.1, -0.05) is 32.0 Å². The third-order valence-corrected chi connectivity index (χ3v) is 6.90. The second-order valence-corrected chi connectivity index (χ2v) is 8.63. The summed E-state index contributed by atoms with van der Waals surface area (Å²) in [6, 6.07) is 6.99. The monoisotopic (exact) mass is 342 g/mol. The lowest BCUT2D eigenvalue weighted by molar-refractivity contribution is -0.109. The molecule has 1 aromatic rings. The van der Waals surface area contributed by atoms with Gasteiger partial charge in [-0.05, 0) is 49.8 Å². The van der Waals surface area contributed by atoms with Gasteiger partial charge in [0.15, 0.2) is 0 Å². The van der Waals surface area contributed by atoms with Crippen LogP contribution in [0, 0.1) is 25.2 Å². The van der Waals surface area contributed by atoms with Crippen molar-refractivity contribution in [3.05, 3.63) is 34.9 Å². The zero-order chi connectivity index (χ0) is 17.8. The van der Waals surface area contributed by atoms with Crippen molar-refractivity contribution in [2.45, 2.75) is 65.1 Å². The van der Waals surface area contributed by atoms with Gasteiger partial charge in [-0.25, -0.2) is 4.79 Å². The van der Waals surface area contributed by atoms with E-state index >= 15 is 0 Å². The number of ether oxygens (including phenoxy) is 1. The summed E-state index contributed by atoms with van der Waals surface area (Å²) in [5, 5.41) is 3.36. The molecule has 3 fully saturated rings. The largest absolute Gasteiger partial charge is 0.377 e. The Morgan fingerprint density at radius 2 is 2.08 bits per heavy atom. The van der Waals surface area contributed by atoms with E-state index in [9.17, 15) is 4.79 Å². The molecular weight excluding hydrogens is 312 g/mol. The first kappa shape index (κ1) is 16.9. The standard InChI is InChI=1S/C21H30N2O2/c1-13-7-5-8-15(14(13)2)17-9-6-11-23(17)20(24)22-18-16-10-12-25-19(16)21(18,3)4/h5,7-8,16-19H,6,9-12H2,1-4H3,(H,22,24)/t16-,17-,18+,19+/m0/s1. The highest BCUT2D eigenvalue weighted by atomic mass is 16.5. The lowest BCUT2D eigenvalue weighted by Crippen LogP contribution is -2.67. The molecule has 1 aliphatic carbocycles. The number of likely N-dealkylation sites (tertiary alicyclic amines) is 1. The van der Waals surface area contributed by atoms with E-state index in [0.717, 1.165) is 32.4 Å². The smallest absolute Gasteiger partial charge is 0.318 e. The topological polar surface area (TPSA) is 41.6 Å². The number of aryl methyl sites for hydroxylation is 1. The Kier molecular flexibility index (Phi) is 4.06. The van der Waals surface area contributed by atoms with Crippen LogP contribution in [0.5, 0.6) is 0 Å². The molecule has 1 aromatic carbocycles. The van der Waals surface area contributed by atoms with Crippen LogP contribution in [0.1, 0.15) is 55.8 Å².